The van der Waals surface area contributed by atoms with E-state index in [-0.39, 0.29) is 27.5 Å². The Hall–Kier alpha value is -2.74. The highest BCUT2D eigenvalue weighted by molar-refractivity contribution is 9.10. The van der Waals surface area contributed by atoms with Gasteiger partial charge in [-0.1, -0.05) is 30.3 Å². The highest BCUT2D eigenvalue weighted by Crippen LogP contribution is 2.44. The number of halogens is 3. The second kappa shape index (κ2) is 8.18. The molecule has 3 N–H and O–H groups in total. The maximum atomic E-state index is 13.7. The van der Waals surface area contributed by atoms with E-state index >= 15 is 0 Å². The number of anilines is 2. The number of aryl methyl sites for hydroxylation is 1. The van der Waals surface area contributed by atoms with Crippen LogP contribution in [-0.4, -0.2) is 15.7 Å². The van der Waals surface area contributed by atoms with Gasteiger partial charge in [0.15, 0.2) is 11.6 Å². The van der Waals surface area contributed by atoms with Gasteiger partial charge in [-0.2, -0.15) is 5.10 Å². The summed E-state index contributed by atoms with van der Waals surface area (Å²) in [7, 11) is 1.69. The number of rotatable bonds is 4. The molecular formula is C22H21BrF2N4O. The van der Waals surface area contributed by atoms with Gasteiger partial charge in [0.05, 0.1) is 10.2 Å². The van der Waals surface area contributed by atoms with E-state index in [9.17, 15) is 13.6 Å². The number of hydrogen-bond acceptors (Lipinski definition) is 3. The summed E-state index contributed by atoms with van der Waals surface area (Å²) in [6.45, 7) is 0. The molecule has 1 amide bonds. The molecule has 2 unspecified atom stereocenters. The van der Waals surface area contributed by atoms with Crippen molar-refractivity contribution in [2.75, 3.05) is 11.1 Å². The SMILES string of the molecule is Cn1nc(C2CCC(c3ccccc3)C2)c(C(=O)Nc2cc(F)c(F)c(Br)c2)c1N. The summed E-state index contributed by atoms with van der Waals surface area (Å²) in [4.78, 5) is 13.0. The third-order valence-corrected chi connectivity index (χ3v) is 6.25. The Morgan fingerprint density at radius 3 is 2.60 bits per heavy atom. The lowest BCUT2D eigenvalue weighted by Crippen LogP contribution is -2.16. The molecule has 0 saturated heterocycles. The second-order valence-corrected chi connectivity index (χ2v) is 8.45. The van der Waals surface area contributed by atoms with Crippen LogP contribution in [0.3, 0.4) is 0 Å². The molecule has 156 valence electrons. The number of hydrogen-bond donors (Lipinski definition) is 2. The number of nitrogens with zero attached hydrogens (tertiary/aromatic N) is 2. The quantitative estimate of drug-likeness (QED) is 0.500. The Morgan fingerprint density at radius 2 is 1.90 bits per heavy atom. The van der Waals surface area contributed by atoms with Crippen molar-refractivity contribution in [3.8, 4) is 0 Å². The van der Waals surface area contributed by atoms with Gasteiger partial charge in [0.25, 0.3) is 5.91 Å². The Kier molecular flexibility index (Phi) is 5.60. The van der Waals surface area contributed by atoms with Crippen LogP contribution in [0.15, 0.2) is 46.9 Å². The maximum Gasteiger partial charge on any atom is 0.261 e. The van der Waals surface area contributed by atoms with E-state index in [1.165, 1.54) is 16.3 Å². The van der Waals surface area contributed by atoms with Gasteiger partial charge in [-0.15, -0.1) is 0 Å². The van der Waals surface area contributed by atoms with Crippen LogP contribution >= 0.6 is 15.9 Å². The molecule has 0 spiro atoms. The minimum absolute atomic E-state index is 0.0707. The molecule has 5 nitrogen and oxygen atoms in total. The molecule has 0 bridgehead atoms. The van der Waals surface area contributed by atoms with E-state index in [1.54, 1.807) is 7.05 Å². The molecule has 8 heteroatoms. The van der Waals surface area contributed by atoms with E-state index in [0.29, 0.717) is 11.6 Å². The number of nitrogens with one attached hydrogen (secondary N) is 1. The number of carbonyl (C=O) groups is 1. The van der Waals surface area contributed by atoms with Gasteiger partial charge in [0, 0.05) is 24.7 Å². The lowest BCUT2D eigenvalue weighted by molar-refractivity contribution is 0.102. The van der Waals surface area contributed by atoms with Gasteiger partial charge >= 0.3 is 0 Å². The van der Waals surface area contributed by atoms with Gasteiger partial charge in [-0.25, -0.2) is 8.78 Å². The fraction of sp³-hybridized carbons (Fsp3) is 0.273. The van der Waals surface area contributed by atoms with Crippen molar-refractivity contribution < 1.29 is 13.6 Å². The molecule has 3 aromatic rings. The fourth-order valence-corrected chi connectivity index (χ4v) is 4.59. The molecule has 1 fully saturated rings. The third kappa shape index (κ3) is 3.84. The van der Waals surface area contributed by atoms with Crippen LogP contribution in [0.4, 0.5) is 20.3 Å². The first-order valence-corrected chi connectivity index (χ1v) is 10.5. The predicted octanol–water partition coefficient (Wildman–Crippen LogP) is 5.35. The molecule has 30 heavy (non-hydrogen) atoms. The van der Waals surface area contributed by atoms with Crippen molar-refractivity contribution in [2.24, 2.45) is 7.05 Å². The second-order valence-electron chi connectivity index (χ2n) is 7.59. The molecule has 2 atom stereocenters. The molecule has 1 aliphatic carbocycles. The van der Waals surface area contributed by atoms with Crippen LogP contribution in [0.2, 0.25) is 0 Å². The molecule has 1 aromatic heterocycles. The van der Waals surface area contributed by atoms with E-state index in [4.69, 9.17) is 5.73 Å². The average Bonchev–Trinajstić information content (AvgIpc) is 3.32. The van der Waals surface area contributed by atoms with Gasteiger partial charge in [0.2, 0.25) is 0 Å². The summed E-state index contributed by atoms with van der Waals surface area (Å²) < 4.78 is 28.6. The van der Waals surface area contributed by atoms with E-state index in [0.717, 1.165) is 25.3 Å². The summed E-state index contributed by atoms with van der Waals surface area (Å²) in [5.74, 6) is -1.81. The largest absolute Gasteiger partial charge is 0.383 e. The third-order valence-electron chi connectivity index (χ3n) is 5.68. The first kappa shape index (κ1) is 20.5. The van der Waals surface area contributed by atoms with Gasteiger partial charge < -0.3 is 11.1 Å². The fourth-order valence-electron chi connectivity index (χ4n) is 4.16. The van der Waals surface area contributed by atoms with Crippen molar-refractivity contribution in [3.63, 3.8) is 0 Å². The van der Waals surface area contributed by atoms with Crippen LogP contribution in [0, 0.1) is 11.6 Å². The lowest BCUT2D eigenvalue weighted by atomic mass is 9.94. The van der Waals surface area contributed by atoms with Gasteiger partial charge in [-0.05, 0) is 52.7 Å². The normalized spacial score (nSPS) is 18.5. The number of amides is 1. The summed E-state index contributed by atoms with van der Waals surface area (Å²) >= 11 is 2.95. The van der Waals surface area contributed by atoms with Crippen LogP contribution in [-0.2, 0) is 7.05 Å². The number of carbonyl (C=O) groups excluding carboxylic acids is 1. The molecule has 4 rings (SSSR count). The minimum Gasteiger partial charge on any atom is -0.383 e. The van der Waals surface area contributed by atoms with E-state index in [1.807, 2.05) is 18.2 Å². The summed E-state index contributed by atoms with van der Waals surface area (Å²) in [6, 6.07) is 12.5. The predicted molar refractivity (Wildman–Crippen MR) is 115 cm³/mol. The zero-order valence-electron chi connectivity index (χ0n) is 16.3. The number of aromatic nitrogens is 2. The van der Waals surface area contributed by atoms with Crippen molar-refractivity contribution in [3.05, 3.63) is 75.4 Å². The lowest BCUT2D eigenvalue weighted by Gasteiger charge is -2.12. The van der Waals surface area contributed by atoms with Crippen molar-refractivity contribution in [1.82, 2.24) is 9.78 Å². The molecule has 2 aromatic carbocycles. The standard InChI is InChI=1S/C22H21BrF2N4O/c1-29-21(26)18(22(30)27-15-10-16(23)19(25)17(24)11-15)20(28-29)14-8-7-13(9-14)12-5-3-2-4-6-12/h2-6,10-11,13-14H,7-9,26H2,1H3,(H,27,30). The van der Waals surface area contributed by atoms with Crippen molar-refractivity contribution >= 4 is 33.3 Å². The summed E-state index contributed by atoms with van der Waals surface area (Å²) in [6.07, 6.45) is 2.77. The number of nitrogen functional groups attached to an aromatic ring is 1. The first-order chi connectivity index (χ1) is 14.3. The first-order valence-electron chi connectivity index (χ1n) is 9.68. The highest BCUT2D eigenvalue weighted by atomic mass is 79.9. The molecule has 1 aliphatic rings. The number of nitrogens with two attached hydrogens (primary N) is 1. The van der Waals surface area contributed by atoms with Crippen molar-refractivity contribution in [2.45, 2.75) is 31.1 Å². The topological polar surface area (TPSA) is 72.9 Å². The Balaban J connectivity index is 1.60. The molecule has 1 heterocycles. The van der Waals surface area contributed by atoms with Crippen LogP contribution in [0.1, 0.15) is 52.7 Å². The zero-order chi connectivity index (χ0) is 21.4. The number of benzene rings is 2. The molecule has 1 saturated carbocycles. The Morgan fingerprint density at radius 1 is 1.20 bits per heavy atom. The summed E-state index contributed by atoms with van der Waals surface area (Å²) in [5.41, 5.74) is 8.50. The van der Waals surface area contributed by atoms with E-state index < -0.39 is 17.5 Å². The zero-order valence-corrected chi connectivity index (χ0v) is 17.9. The Bertz CT molecular complexity index is 1080. The Labute approximate surface area is 181 Å². The van der Waals surface area contributed by atoms with E-state index in [2.05, 4.69) is 38.5 Å². The van der Waals surface area contributed by atoms with Crippen LogP contribution < -0.4 is 11.1 Å². The smallest absolute Gasteiger partial charge is 0.261 e. The average molecular weight is 475 g/mol. The van der Waals surface area contributed by atoms with Crippen LogP contribution in [0.25, 0.3) is 0 Å². The molecule has 0 aliphatic heterocycles. The maximum absolute atomic E-state index is 13.7. The van der Waals surface area contributed by atoms with Gasteiger partial charge in [0.1, 0.15) is 11.4 Å². The molecule has 0 radical (unpaired) electrons. The highest BCUT2D eigenvalue weighted by Gasteiger charge is 2.33. The molecular weight excluding hydrogens is 454 g/mol. The summed E-state index contributed by atoms with van der Waals surface area (Å²) in [5, 5.41) is 7.14. The monoisotopic (exact) mass is 474 g/mol. The van der Waals surface area contributed by atoms with Crippen molar-refractivity contribution in [1.29, 1.82) is 0 Å². The van der Waals surface area contributed by atoms with Gasteiger partial charge in [-0.3, -0.25) is 9.48 Å². The minimum atomic E-state index is -1.06. The van der Waals surface area contributed by atoms with Crippen LogP contribution in [0.5, 0.6) is 0 Å².